The summed E-state index contributed by atoms with van der Waals surface area (Å²) >= 11 is 1.34. The molecular weight excluding hydrogens is 294 g/mol. The maximum absolute atomic E-state index is 10.6. The molecule has 0 aliphatic heterocycles. The van der Waals surface area contributed by atoms with Gasteiger partial charge in [0.05, 0.1) is 17.0 Å². The first-order chi connectivity index (χ1) is 10.1. The van der Waals surface area contributed by atoms with Gasteiger partial charge in [0.15, 0.2) is 5.13 Å². The van der Waals surface area contributed by atoms with Crippen LogP contribution in [0.1, 0.15) is 11.6 Å². The Labute approximate surface area is 122 Å². The van der Waals surface area contributed by atoms with Crippen molar-refractivity contribution in [2.45, 2.75) is 6.42 Å². The predicted molar refractivity (Wildman–Crippen MR) is 75.7 cm³/mol. The molecule has 1 aromatic carbocycles. The molecule has 0 aliphatic carbocycles. The Morgan fingerprint density at radius 3 is 2.67 bits per heavy atom. The van der Waals surface area contributed by atoms with Gasteiger partial charge in [0, 0.05) is 23.1 Å². The molecule has 0 amide bonds. The highest BCUT2D eigenvalue weighted by molar-refractivity contribution is 7.13. The van der Waals surface area contributed by atoms with E-state index >= 15 is 0 Å². The number of non-ortho nitro benzene ring substituents is 1. The Bertz CT molecular complexity index is 780. The SMILES string of the molecule is Nc1nc(Cc2nc(-c3ccc([N+](=O)[O-])cc3)no2)cs1. The summed E-state index contributed by atoms with van der Waals surface area (Å²) in [4.78, 5) is 18.5. The lowest BCUT2D eigenvalue weighted by Gasteiger charge is -1.93. The molecule has 0 bridgehead atoms. The minimum absolute atomic E-state index is 0.0143. The molecular formula is C12H9N5O3S. The van der Waals surface area contributed by atoms with Gasteiger partial charge in [0.2, 0.25) is 11.7 Å². The van der Waals surface area contributed by atoms with Crippen LogP contribution in [0, 0.1) is 10.1 Å². The van der Waals surface area contributed by atoms with Crippen LogP contribution in [0.2, 0.25) is 0 Å². The monoisotopic (exact) mass is 303 g/mol. The fourth-order valence-electron chi connectivity index (χ4n) is 1.73. The van der Waals surface area contributed by atoms with E-state index in [0.717, 1.165) is 5.69 Å². The number of nitro groups is 1. The van der Waals surface area contributed by atoms with Gasteiger partial charge in [0.25, 0.3) is 5.69 Å². The second kappa shape index (κ2) is 5.29. The van der Waals surface area contributed by atoms with Crippen molar-refractivity contribution >= 4 is 22.2 Å². The highest BCUT2D eigenvalue weighted by Crippen LogP contribution is 2.21. The zero-order chi connectivity index (χ0) is 14.8. The van der Waals surface area contributed by atoms with E-state index in [4.69, 9.17) is 10.3 Å². The quantitative estimate of drug-likeness (QED) is 0.579. The first-order valence-corrected chi connectivity index (χ1v) is 6.77. The van der Waals surface area contributed by atoms with E-state index in [1.54, 1.807) is 12.1 Å². The van der Waals surface area contributed by atoms with Gasteiger partial charge in [-0.05, 0) is 12.1 Å². The molecule has 21 heavy (non-hydrogen) atoms. The number of aromatic nitrogens is 3. The van der Waals surface area contributed by atoms with Crippen LogP contribution < -0.4 is 5.73 Å². The minimum atomic E-state index is -0.460. The van der Waals surface area contributed by atoms with E-state index in [2.05, 4.69) is 15.1 Å². The van der Waals surface area contributed by atoms with Crippen molar-refractivity contribution in [2.24, 2.45) is 0 Å². The third-order valence-electron chi connectivity index (χ3n) is 2.71. The molecule has 0 atom stereocenters. The molecule has 0 saturated carbocycles. The van der Waals surface area contributed by atoms with Crippen LogP contribution in [-0.2, 0) is 6.42 Å². The van der Waals surface area contributed by atoms with Gasteiger partial charge < -0.3 is 10.3 Å². The van der Waals surface area contributed by atoms with Gasteiger partial charge in [-0.25, -0.2) is 4.98 Å². The summed E-state index contributed by atoms with van der Waals surface area (Å²) in [5.41, 5.74) is 6.97. The molecule has 3 aromatic rings. The number of nitrogens with zero attached hydrogens (tertiary/aromatic N) is 4. The van der Waals surface area contributed by atoms with E-state index in [0.29, 0.717) is 28.8 Å². The summed E-state index contributed by atoms with van der Waals surface area (Å²) in [5.74, 6) is 0.789. The first kappa shape index (κ1) is 13.2. The average molecular weight is 303 g/mol. The molecule has 0 radical (unpaired) electrons. The van der Waals surface area contributed by atoms with Crippen molar-refractivity contribution in [2.75, 3.05) is 5.73 Å². The van der Waals surface area contributed by atoms with Gasteiger partial charge >= 0.3 is 0 Å². The highest BCUT2D eigenvalue weighted by Gasteiger charge is 2.12. The van der Waals surface area contributed by atoms with Gasteiger partial charge in [-0.15, -0.1) is 11.3 Å². The number of rotatable bonds is 4. The molecule has 2 heterocycles. The second-order valence-corrected chi connectivity index (χ2v) is 5.06. The Kier molecular flexibility index (Phi) is 3.32. The number of nitrogens with two attached hydrogens (primary N) is 1. The number of nitro benzene ring substituents is 1. The molecule has 8 nitrogen and oxygen atoms in total. The Morgan fingerprint density at radius 1 is 1.29 bits per heavy atom. The van der Waals surface area contributed by atoms with Crippen molar-refractivity contribution in [3.63, 3.8) is 0 Å². The fraction of sp³-hybridized carbons (Fsp3) is 0.0833. The lowest BCUT2D eigenvalue weighted by atomic mass is 10.2. The van der Waals surface area contributed by atoms with E-state index in [9.17, 15) is 10.1 Å². The normalized spacial score (nSPS) is 10.7. The molecule has 2 N–H and O–H groups in total. The second-order valence-electron chi connectivity index (χ2n) is 4.17. The van der Waals surface area contributed by atoms with Gasteiger partial charge in [-0.1, -0.05) is 5.16 Å². The van der Waals surface area contributed by atoms with Crippen LogP contribution in [-0.4, -0.2) is 20.0 Å². The molecule has 0 spiro atoms. The maximum atomic E-state index is 10.6. The minimum Gasteiger partial charge on any atom is -0.375 e. The third kappa shape index (κ3) is 2.87. The summed E-state index contributed by atoms with van der Waals surface area (Å²) in [6.07, 6.45) is 0.397. The smallest absolute Gasteiger partial charge is 0.269 e. The van der Waals surface area contributed by atoms with Crippen molar-refractivity contribution in [3.8, 4) is 11.4 Å². The standard InChI is InChI=1S/C12H9N5O3S/c13-12-14-8(6-21-12)5-10-15-11(16-20-10)7-1-3-9(4-2-7)17(18)19/h1-4,6H,5H2,(H2,13,14). The summed E-state index contributed by atoms with van der Waals surface area (Å²) in [5, 5.41) is 16.8. The predicted octanol–water partition coefficient (Wildman–Crippen LogP) is 2.27. The van der Waals surface area contributed by atoms with Crippen LogP contribution in [0.15, 0.2) is 34.2 Å². The van der Waals surface area contributed by atoms with Crippen LogP contribution >= 0.6 is 11.3 Å². The Balaban J connectivity index is 1.79. The topological polar surface area (TPSA) is 121 Å². The first-order valence-electron chi connectivity index (χ1n) is 5.89. The molecule has 0 fully saturated rings. The van der Waals surface area contributed by atoms with Gasteiger partial charge in [-0.2, -0.15) is 4.98 Å². The van der Waals surface area contributed by atoms with E-state index in [1.165, 1.54) is 23.5 Å². The van der Waals surface area contributed by atoms with Crippen molar-refractivity contribution in [1.82, 2.24) is 15.1 Å². The largest absolute Gasteiger partial charge is 0.375 e. The highest BCUT2D eigenvalue weighted by atomic mass is 32.1. The number of anilines is 1. The molecule has 2 aromatic heterocycles. The number of nitrogen functional groups attached to an aromatic ring is 1. The summed E-state index contributed by atoms with van der Waals surface area (Å²) in [7, 11) is 0. The maximum Gasteiger partial charge on any atom is 0.269 e. The van der Waals surface area contributed by atoms with Crippen LogP contribution in [0.5, 0.6) is 0 Å². The number of thiazole rings is 1. The third-order valence-corrected chi connectivity index (χ3v) is 3.43. The average Bonchev–Trinajstić information content (AvgIpc) is 3.09. The zero-order valence-electron chi connectivity index (χ0n) is 10.6. The van der Waals surface area contributed by atoms with E-state index in [1.807, 2.05) is 5.38 Å². The zero-order valence-corrected chi connectivity index (χ0v) is 11.4. The molecule has 106 valence electrons. The Morgan fingerprint density at radius 2 is 2.05 bits per heavy atom. The lowest BCUT2D eigenvalue weighted by molar-refractivity contribution is -0.384. The van der Waals surface area contributed by atoms with Gasteiger partial charge in [-0.3, -0.25) is 10.1 Å². The van der Waals surface area contributed by atoms with Crippen LogP contribution in [0.4, 0.5) is 10.8 Å². The molecule has 9 heteroatoms. The number of hydrogen-bond donors (Lipinski definition) is 1. The van der Waals surface area contributed by atoms with Gasteiger partial charge in [0.1, 0.15) is 0 Å². The van der Waals surface area contributed by atoms with Crippen molar-refractivity contribution in [1.29, 1.82) is 0 Å². The van der Waals surface area contributed by atoms with E-state index < -0.39 is 4.92 Å². The number of benzene rings is 1. The summed E-state index contributed by atoms with van der Waals surface area (Å²) < 4.78 is 5.14. The summed E-state index contributed by atoms with van der Waals surface area (Å²) in [6, 6.07) is 5.94. The molecule has 0 unspecified atom stereocenters. The Hall–Kier alpha value is -2.81. The molecule has 0 saturated heterocycles. The summed E-state index contributed by atoms with van der Waals surface area (Å²) in [6.45, 7) is 0. The van der Waals surface area contributed by atoms with Crippen molar-refractivity contribution < 1.29 is 9.45 Å². The van der Waals surface area contributed by atoms with Crippen molar-refractivity contribution in [3.05, 3.63) is 51.3 Å². The molecule has 3 rings (SSSR count). The van der Waals surface area contributed by atoms with Crippen LogP contribution in [0.25, 0.3) is 11.4 Å². The van der Waals surface area contributed by atoms with Crippen LogP contribution in [0.3, 0.4) is 0 Å². The van der Waals surface area contributed by atoms with E-state index in [-0.39, 0.29) is 5.69 Å². The fourth-order valence-corrected chi connectivity index (χ4v) is 2.30. The number of hydrogen-bond acceptors (Lipinski definition) is 8. The lowest BCUT2D eigenvalue weighted by Crippen LogP contribution is -1.90. The molecule has 0 aliphatic rings.